The Kier molecular flexibility index (Phi) is 5.48. The summed E-state index contributed by atoms with van der Waals surface area (Å²) in [6.07, 6.45) is -5.11. The van der Waals surface area contributed by atoms with Gasteiger partial charge in [0.05, 0.1) is 24.5 Å². The van der Waals surface area contributed by atoms with Crippen LogP contribution in [0.2, 0.25) is 0 Å². The average Bonchev–Trinajstić information content (AvgIpc) is 2.68. The Morgan fingerprint density at radius 2 is 2.12 bits per heavy atom. The summed E-state index contributed by atoms with van der Waals surface area (Å²) in [6, 6.07) is 3.50. The highest BCUT2D eigenvalue weighted by Crippen LogP contribution is 2.20. The molecular formula is C11H11F3O2S. The van der Waals surface area contributed by atoms with Gasteiger partial charge in [-0.1, -0.05) is 11.8 Å². The van der Waals surface area contributed by atoms with E-state index in [0.29, 0.717) is 0 Å². The van der Waals surface area contributed by atoms with E-state index in [0.717, 1.165) is 9.75 Å². The summed E-state index contributed by atoms with van der Waals surface area (Å²) in [5.41, 5.74) is 0. The minimum absolute atomic E-state index is 0.154. The maximum absolute atomic E-state index is 11.8. The first-order chi connectivity index (χ1) is 8.01. The molecule has 0 atom stereocenters. The largest absolute Gasteiger partial charge is 0.391 e. The van der Waals surface area contributed by atoms with Crippen LogP contribution < -0.4 is 0 Å². The van der Waals surface area contributed by atoms with Crippen molar-refractivity contribution in [3.63, 3.8) is 0 Å². The summed E-state index contributed by atoms with van der Waals surface area (Å²) in [4.78, 5) is 1.57. The molecule has 1 aromatic heterocycles. The number of aliphatic hydroxyl groups is 1. The highest BCUT2D eigenvalue weighted by atomic mass is 32.1. The minimum Gasteiger partial charge on any atom is -0.384 e. The van der Waals surface area contributed by atoms with E-state index in [1.165, 1.54) is 11.3 Å². The molecule has 0 aliphatic carbocycles. The monoisotopic (exact) mass is 264 g/mol. The van der Waals surface area contributed by atoms with Gasteiger partial charge in [-0.2, -0.15) is 13.2 Å². The molecule has 0 unspecified atom stereocenters. The molecule has 6 heteroatoms. The molecule has 0 amide bonds. The predicted molar refractivity (Wildman–Crippen MR) is 58.6 cm³/mol. The van der Waals surface area contributed by atoms with Crippen LogP contribution in [0.5, 0.6) is 0 Å². The van der Waals surface area contributed by atoms with Crippen molar-refractivity contribution in [3.8, 4) is 11.8 Å². The number of halogens is 3. The van der Waals surface area contributed by atoms with Crippen molar-refractivity contribution < 1.29 is 23.0 Å². The fraction of sp³-hybridized carbons (Fsp3) is 0.455. The third kappa shape index (κ3) is 6.31. The summed E-state index contributed by atoms with van der Waals surface area (Å²) >= 11 is 1.34. The van der Waals surface area contributed by atoms with Crippen LogP contribution in [0.25, 0.3) is 0 Å². The number of alkyl halides is 3. The number of hydrogen-bond acceptors (Lipinski definition) is 3. The zero-order chi connectivity index (χ0) is 12.7. The maximum Gasteiger partial charge on any atom is 0.391 e. The van der Waals surface area contributed by atoms with E-state index in [1.807, 2.05) is 0 Å². The van der Waals surface area contributed by atoms with Crippen molar-refractivity contribution >= 4 is 11.3 Å². The molecule has 0 spiro atoms. The second-order valence-electron chi connectivity index (χ2n) is 3.14. The topological polar surface area (TPSA) is 29.5 Å². The van der Waals surface area contributed by atoms with Crippen molar-refractivity contribution in [3.05, 3.63) is 21.9 Å². The first-order valence-electron chi connectivity index (χ1n) is 4.84. The Balaban J connectivity index is 2.30. The van der Waals surface area contributed by atoms with Gasteiger partial charge in [-0.15, -0.1) is 11.3 Å². The maximum atomic E-state index is 11.8. The Bertz CT molecular complexity index is 401. The number of ether oxygens (including phenoxy) is 1. The zero-order valence-electron chi connectivity index (χ0n) is 8.88. The van der Waals surface area contributed by atoms with E-state index in [4.69, 9.17) is 9.84 Å². The fourth-order valence-corrected chi connectivity index (χ4v) is 1.83. The summed E-state index contributed by atoms with van der Waals surface area (Å²) in [5, 5.41) is 8.48. The third-order valence-electron chi connectivity index (χ3n) is 1.73. The van der Waals surface area contributed by atoms with E-state index in [1.54, 1.807) is 12.1 Å². The van der Waals surface area contributed by atoms with Crippen molar-refractivity contribution in [1.82, 2.24) is 0 Å². The standard InChI is InChI=1S/C11H11F3O2S/c12-11(13,14)5-7-16-8-10-4-3-9(17-10)2-1-6-15/h3-4,15H,5-8H2. The quantitative estimate of drug-likeness (QED) is 0.669. The second kappa shape index (κ2) is 6.64. The average molecular weight is 264 g/mol. The summed E-state index contributed by atoms with van der Waals surface area (Å²) in [6.45, 7) is -0.393. The van der Waals surface area contributed by atoms with Gasteiger partial charge in [0.1, 0.15) is 6.61 Å². The van der Waals surface area contributed by atoms with E-state index >= 15 is 0 Å². The lowest BCUT2D eigenvalue weighted by Crippen LogP contribution is -2.11. The number of hydrogen-bond donors (Lipinski definition) is 1. The molecule has 94 valence electrons. The number of thiophene rings is 1. The van der Waals surface area contributed by atoms with E-state index in [9.17, 15) is 13.2 Å². The molecule has 0 radical (unpaired) electrons. The van der Waals surface area contributed by atoms with Crippen LogP contribution >= 0.6 is 11.3 Å². The fourth-order valence-electron chi connectivity index (χ4n) is 1.01. The first kappa shape index (κ1) is 14.0. The van der Waals surface area contributed by atoms with Crippen LogP contribution in [0.4, 0.5) is 13.2 Å². The van der Waals surface area contributed by atoms with Crippen LogP contribution in [0.15, 0.2) is 12.1 Å². The molecule has 0 bridgehead atoms. The van der Waals surface area contributed by atoms with Gasteiger partial charge < -0.3 is 9.84 Å². The Hall–Kier alpha value is -1.03. The van der Waals surface area contributed by atoms with Gasteiger partial charge >= 0.3 is 6.18 Å². The van der Waals surface area contributed by atoms with Gasteiger partial charge in [0.15, 0.2) is 0 Å². The smallest absolute Gasteiger partial charge is 0.384 e. The lowest BCUT2D eigenvalue weighted by molar-refractivity contribution is -0.145. The SMILES string of the molecule is OCC#Cc1ccc(COCCC(F)(F)F)s1. The van der Waals surface area contributed by atoms with E-state index in [2.05, 4.69) is 11.8 Å². The van der Waals surface area contributed by atoms with Crippen LogP contribution in [0, 0.1) is 11.8 Å². The number of aliphatic hydroxyl groups excluding tert-OH is 1. The molecule has 1 aromatic rings. The molecule has 0 aliphatic heterocycles. The van der Waals surface area contributed by atoms with Gasteiger partial charge in [0, 0.05) is 4.88 Å². The van der Waals surface area contributed by atoms with Crippen LogP contribution in [0.3, 0.4) is 0 Å². The highest BCUT2D eigenvalue weighted by molar-refractivity contribution is 7.12. The normalized spacial score (nSPS) is 11.1. The molecule has 0 aliphatic rings. The first-order valence-corrected chi connectivity index (χ1v) is 5.66. The number of rotatable bonds is 4. The van der Waals surface area contributed by atoms with E-state index < -0.39 is 12.6 Å². The molecule has 17 heavy (non-hydrogen) atoms. The van der Waals surface area contributed by atoms with Crippen LogP contribution in [-0.2, 0) is 11.3 Å². The van der Waals surface area contributed by atoms with E-state index in [-0.39, 0.29) is 19.8 Å². The summed E-state index contributed by atoms with van der Waals surface area (Å²) < 4.78 is 40.3. The Labute approximate surface area is 101 Å². The van der Waals surface area contributed by atoms with Gasteiger partial charge in [0.25, 0.3) is 0 Å². The molecule has 1 rings (SSSR count). The lowest BCUT2D eigenvalue weighted by atomic mass is 10.4. The molecular weight excluding hydrogens is 253 g/mol. The molecule has 0 saturated carbocycles. The Morgan fingerprint density at radius 1 is 1.35 bits per heavy atom. The lowest BCUT2D eigenvalue weighted by Gasteiger charge is -2.05. The molecule has 2 nitrogen and oxygen atoms in total. The summed E-state index contributed by atoms with van der Waals surface area (Å²) in [5.74, 6) is 5.20. The zero-order valence-corrected chi connectivity index (χ0v) is 9.70. The summed E-state index contributed by atoms with van der Waals surface area (Å²) in [7, 11) is 0. The molecule has 0 saturated heterocycles. The minimum atomic E-state index is -4.17. The van der Waals surface area contributed by atoms with Crippen molar-refractivity contribution in [1.29, 1.82) is 0 Å². The molecule has 0 aromatic carbocycles. The molecule has 1 N–H and O–H groups in total. The van der Waals surface area contributed by atoms with Gasteiger partial charge in [0.2, 0.25) is 0 Å². The van der Waals surface area contributed by atoms with Crippen molar-refractivity contribution in [2.24, 2.45) is 0 Å². The van der Waals surface area contributed by atoms with Crippen LogP contribution in [0.1, 0.15) is 16.2 Å². The predicted octanol–water partition coefficient (Wildman–Crippen LogP) is 2.56. The highest BCUT2D eigenvalue weighted by Gasteiger charge is 2.26. The third-order valence-corrected chi connectivity index (χ3v) is 2.70. The molecule has 1 heterocycles. The Morgan fingerprint density at radius 3 is 2.76 bits per heavy atom. The van der Waals surface area contributed by atoms with Gasteiger partial charge in [-0.3, -0.25) is 0 Å². The van der Waals surface area contributed by atoms with Crippen molar-refractivity contribution in [2.75, 3.05) is 13.2 Å². The van der Waals surface area contributed by atoms with Gasteiger partial charge in [-0.25, -0.2) is 0 Å². The van der Waals surface area contributed by atoms with Gasteiger partial charge in [-0.05, 0) is 12.1 Å². The van der Waals surface area contributed by atoms with Crippen molar-refractivity contribution in [2.45, 2.75) is 19.2 Å². The van der Waals surface area contributed by atoms with Crippen LogP contribution in [-0.4, -0.2) is 24.5 Å². The molecule has 0 fully saturated rings. The second-order valence-corrected chi connectivity index (χ2v) is 4.31.